The van der Waals surface area contributed by atoms with Crippen molar-refractivity contribution in [3.8, 4) is 23.7 Å². The lowest BCUT2D eigenvalue weighted by Gasteiger charge is -2.00. The maximum Gasteiger partial charge on any atom is 0.347 e. The van der Waals surface area contributed by atoms with Gasteiger partial charge in [0.05, 0.1) is 9.85 Å². The van der Waals surface area contributed by atoms with Gasteiger partial charge in [-0.15, -0.1) is 0 Å². The van der Waals surface area contributed by atoms with Gasteiger partial charge in [-0.05, 0) is 12.8 Å². The van der Waals surface area contributed by atoms with Gasteiger partial charge in [0, 0.05) is 36.1 Å². The summed E-state index contributed by atoms with van der Waals surface area (Å²) in [5, 5.41) is 22.4. The Hall–Kier alpha value is -2.86. The van der Waals surface area contributed by atoms with Gasteiger partial charge in [-0.25, -0.2) is 0 Å². The third kappa shape index (κ3) is 8.22. The minimum Gasteiger partial charge on any atom is -0.258 e. The molecule has 0 radical (unpaired) electrons. The summed E-state index contributed by atoms with van der Waals surface area (Å²) in [5.41, 5.74) is -0.328. The molecule has 0 aliphatic heterocycles. The molecule has 1 rings (SSSR count). The Morgan fingerprint density at radius 2 is 1.11 bits per heavy atom. The summed E-state index contributed by atoms with van der Waals surface area (Å²) >= 11 is 0. The maximum atomic E-state index is 11.2. The summed E-state index contributed by atoms with van der Waals surface area (Å²) in [6, 6.07) is 2.36. The van der Waals surface area contributed by atoms with Crippen molar-refractivity contribution in [2.75, 3.05) is 0 Å². The second-order valence-electron chi connectivity index (χ2n) is 6.63. The molecule has 150 valence electrons. The average molecular weight is 384 g/mol. The topological polar surface area (TPSA) is 86.3 Å². The molecule has 1 aromatic rings. The number of benzene rings is 1. The minimum atomic E-state index is -0.744. The van der Waals surface area contributed by atoms with Crippen LogP contribution in [0, 0.1) is 43.9 Å². The van der Waals surface area contributed by atoms with E-state index in [4.69, 9.17) is 0 Å². The van der Waals surface area contributed by atoms with Crippen LogP contribution in [0.2, 0.25) is 0 Å². The first-order chi connectivity index (χ1) is 13.5. The van der Waals surface area contributed by atoms with Crippen molar-refractivity contribution in [3.63, 3.8) is 0 Å². The summed E-state index contributed by atoms with van der Waals surface area (Å²) < 4.78 is 0. The van der Waals surface area contributed by atoms with Crippen LogP contribution in [0.25, 0.3) is 0 Å². The van der Waals surface area contributed by atoms with Crippen LogP contribution in [-0.2, 0) is 0 Å². The number of unbranched alkanes of at least 4 members (excludes halogenated alkanes) is 8. The van der Waals surface area contributed by atoms with Gasteiger partial charge in [0.2, 0.25) is 0 Å². The predicted octanol–water partition coefficient (Wildman–Crippen LogP) is 6.15. The monoisotopic (exact) mass is 384 g/mol. The quantitative estimate of drug-likeness (QED) is 0.210. The lowest BCUT2D eigenvalue weighted by Crippen LogP contribution is -1.99. The number of rotatable bonds is 10. The molecule has 0 unspecified atom stereocenters. The molecule has 0 fully saturated rings. The Balaban J connectivity index is 3.09. The molecule has 0 bridgehead atoms. The Kier molecular flexibility index (Phi) is 11.0. The molecular weight excluding hydrogens is 356 g/mol. The summed E-state index contributed by atoms with van der Waals surface area (Å²) in [6.45, 7) is 4.27. The highest BCUT2D eigenvalue weighted by Gasteiger charge is 2.26. The van der Waals surface area contributed by atoms with Crippen LogP contribution < -0.4 is 0 Å². The van der Waals surface area contributed by atoms with Gasteiger partial charge in [-0.1, -0.05) is 76.1 Å². The fraction of sp³-hybridized carbons (Fsp3) is 0.545. The SMILES string of the molecule is CCCCCCC#Cc1cc([N+](=O)[O-])c([N+](=O)[O-])cc1C#CCCCCCC. The summed E-state index contributed by atoms with van der Waals surface area (Å²) in [5.74, 6) is 11.9. The van der Waals surface area contributed by atoms with Gasteiger partial charge in [-0.2, -0.15) is 0 Å². The predicted molar refractivity (Wildman–Crippen MR) is 111 cm³/mol. The van der Waals surface area contributed by atoms with Crippen LogP contribution in [0.1, 0.15) is 89.2 Å². The van der Waals surface area contributed by atoms with Gasteiger partial charge in [0.1, 0.15) is 0 Å². The second-order valence-corrected chi connectivity index (χ2v) is 6.63. The van der Waals surface area contributed by atoms with E-state index in [-0.39, 0.29) is 0 Å². The van der Waals surface area contributed by atoms with Gasteiger partial charge < -0.3 is 0 Å². The van der Waals surface area contributed by atoms with Crippen LogP contribution in [-0.4, -0.2) is 9.85 Å². The zero-order valence-electron chi connectivity index (χ0n) is 16.8. The molecule has 0 heterocycles. The Morgan fingerprint density at radius 3 is 1.43 bits per heavy atom. The summed E-state index contributed by atoms with van der Waals surface area (Å²) in [7, 11) is 0. The normalized spacial score (nSPS) is 9.79. The van der Waals surface area contributed by atoms with Gasteiger partial charge in [-0.3, -0.25) is 20.2 Å². The van der Waals surface area contributed by atoms with Crippen LogP contribution in [0.3, 0.4) is 0 Å². The molecule has 6 nitrogen and oxygen atoms in total. The molecule has 0 aliphatic carbocycles. The summed E-state index contributed by atoms with van der Waals surface area (Å²) in [4.78, 5) is 20.9. The highest BCUT2D eigenvalue weighted by atomic mass is 16.6. The summed E-state index contributed by atoms with van der Waals surface area (Å²) in [6.07, 6.45) is 10.1. The fourth-order valence-electron chi connectivity index (χ4n) is 2.67. The van der Waals surface area contributed by atoms with Crippen molar-refractivity contribution >= 4 is 11.4 Å². The first kappa shape index (κ1) is 23.2. The van der Waals surface area contributed by atoms with Crippen molar-refractivity contribution in [3.05, 3.63) is 43.5 Å². The molecule has 0 aromatic heterocycles. The number of nitrogens with zero attached hydrogens (tertiary/aromatic N) is 2. The molecule has 1 aromatic carbocycles. The van der Waals surface area contributed by atoms with E-state index >= 15 is 0 Å². The molecule has 0 amide bonds. The maximum absolute atomic E-state index is 11.2. The third-order valence-electron chi connectivity index (χ3n) is 4.26. The first-order valence-electron chi connectivity index (χ1n) is 9.95. The van der Waals surface area contributed by atoms with Crippen molar-refractivity contribution in [2.24, 2.45) is 0 Å². The van der Waals surface area contributed by atoms with E-state index in [0.717, 1.165) is 51.4 Å². The van der Waals surface area contributed by atoms with Crippen LogP contribution in [0.5, 0.6) is 0 Å². The van der Waals surface area contributed by atoms with E-state index < -0.39 is 21.2 Å². The standard InChI is InChI=1S/C22H28N2O4/c1-3-5-7-9-11-13-15-19-17-21(23(25)26)22(24(27)28)18-20(19)16-14-12-10-8-6-4-2/h17-18H,3-12H2,1-2H3. The smallest absolute Gasteiger partial charge is 0.258 e. The Morgan fingerprint density at radius 1 is 0.714 bits per heavy atom. The van der Waals surface area contributed by atoms with Crippen molar-refractivity contribution in [1.82, 2.24) is 0 Å². The second kappa shape index (κ2) is 13.3. The largest absolute Gasteiger partial charge is 0.347 e. The zero-order valence-corrected chi connectivity index (χ0v) is 16.8. The highest BCUT2D eigenvalue weighted by molar-refractivity contribution is 5.64. The van der Waals surface area contributed by atoms with Crippen LogP contribution >= 0.6 is 0 Å². The van der Waals surface area contributed by atoms with Crippen molar-refractivity contribution in [1.29, 1.82) is 0 Å². The average Bonchev–Trinajstić information content (AvgIpc) is 2.67. The number of hydrogen-bond acceptors (Lipinski definition) is 4. The van der Waals surface area contributed by atoms with Crippen molar-refractivity contribution < 1.29 is 9.85 Å². The third-order valence-corrected chi connectivity index (χ3v) is 4.26. The molecule has 0 atom stereocenters. The van der Waals surface area contributed by atoms with E-state index in [9.17, 15) is 20.2 Å². The van der Waals surface area contributed by atoms with Crippen LogP contribution in [0.15, 0.2) is 12.1 Å². The van der Waals surface area contributed by atoms with Crippen LogP contribution in [0.4, 0.5) is 11.4 Å². The van der Waals surface area contributed by atoms with E-state index in [2.05, 4.69) is 37.5 Å². The molecular formula is C22H28N2O4. The molecule has 0 N–H and O–H groups in total. The van der Waals surface area contributed by atoms with Gasteiger partial charge >= 0.3 is 11.4 Å². The fourth-order valence-corrected chi connectivity index (χ4v) is 2.67. The number of nitro groups is 2. The molecule has 6 heteroatoms. The molecule has 0 saturated carbocycles. The first-order valence-corrected chi connectivity index (χ1v) is 9.95. The van der Waals surface area contributed by atoms with E-state index in [0.29, 0.717) is 24.0 Å². The van der Waals surface area contributed by atoms with Gasteiger partial charge in [0.25, 0.3) is 0 Å². The van der Waals surface area contributed by atoms with E-state index in [1.165, 1.54) is 12.1 Å². The Bertz CT molecular complexity index is 727. The highest BCUT2D eigenvalue weighted by Crippen LogP contribution is 2.29. The lowest BCUT2D eigenvalue weighted by molar-refractivity contribution is -0.422. The molecule has 28 heavy (non-hydrogen) atoms. The number of hydrogen-bond donors (Lipinski definition) is 0. The lowest BCUT2D eigenvalue weighted by atomic mass is 10.0. The Labute approximate surface area is 167 Å². The van der Waals surface area contributed by atoms with E-state index in [1.54, 1.807) is 0 Å². The number of nitro benzene ring substituents is 2. The van der Waals surface area contributed by atoms with E-state index in [1.807, 2.05) is 0 Å². The molecule has 0 spiro atoms. The molecule has 0 saturated heterocycles. The zero-order chi connectivity index (χ0) is 20.8. The van der Waals surface area contributed by atoms with Gasteiger partial charge in [0.15, 0.2) is 0 Å². The van der Waals surface area contributed by atoms with Crippen molar-refractivity contribution in [2.45, 2.75) is 78.1 Å². The molecule has 0 aliphatic rings. The minimum absolute atomic E-state index is 0.383.